The maximum atomic E-state index is 12.3. The maximum absolute atomic E-state index is 12.3. The molecular weight excluding hydrogens is 324 g/mol. The zero-order chi connectivity index (χ0) is 16.4. The van der Waals surface area contributed by atoms with Crippen molar-refractivity contribution in [1.29, 1.82) is 0 Å². The summed E-state index contributed by atoms with van der Waals surface area (Å²) in [5.41, 5.74) is 8.55. The van der Waals surface area contributed by atoms with Gasteiger partial charge in [-0.3, -0.25) is 4.79 Å². The zero-order valence-electron chi connectivity index (χ0n) is 14.6. The van der Waals surface area contributed by atoms with E-state index in [0.717, 1.165) is 18.6 Å². The molecule has 2 aliphatic rings. The van der Waals surface area contributed by atoms with E-state index in [2.05, 4.69) is 19.2 Å². The van der Waals surface area contributed by atoms with Crippen LogP contribution >= 0.6 is 12.4 Å². The summed E-state index contributed by atoms with van der Waals surface area (Å²) in [5, 5.41) is 3.22. The first-order valence-electron chi connectivity index (χ1n) is 8.78. The number of nitrogens with two attached hydrogens (primary N) is 1. The van der Waals surface area contributed by atoms with E-state index < -0.39 is 0 Å². The summed E-state index contributed by atoms with van der Waals surface area (Å²) >= 11 is 0. The van der Waals surface area contributed by atoms with Gasteiger partial charge in [-0.05, 0) is 74.6 Å². The zero-order valence-corrected chi connectivity index (χ0v) is 15.4. The van der Waals surface area contributed by atoms with Crippen molar-refractivity contribution in [2.45, 2.75) is 58.0 Å². The van der Waals surface area contributed by atoms with E-state index in [9.17, 15) is 4.79 Å². The van der Waals surface area contributed by atoms with Crippen LogP contribution in [0, 0.1) is 25.7 Å². The number of benzene rings is 1. The Morgan fingerprint density at radius 1 is 1.21 bits per heavy atom. The van der Waals surface area contributed by atoms with E-state index in [4.69, 9.17) is 10.5 Å². The van der Waals surface area contributed by atoms with Crippen LogP contribution in [0.25, 0.3) is 0 Å². The van der Waals surface area contributed by atoms with E-state index >= 15 is 0 Å². The molecule has 0 heterocycles. The topological polar surface area (TPSA) is 64.3 Å². The van der Waals surface area contributed by atoms with Gasteiger partial charge in [0.1, 0.15) is 5.75 Å². The van der Waals surface area contributed by atoms with Gasteiger partial charge in [-0.25, -0.2) is 0 Å². The molecular formula is C19H29ClN2O2. The van der Waals surface area contributed by atoms with Gasteiger partial charge in [0.05, 0.1) is 0 Å². The van der Waals surface area contributed by atoms with Gasteiger partial charge in [0, 0.05) is 12.1 Å². The van der Waals surface area contributed by atoms with Crippen LogP contribution in [0.15, 0.2) is 18.2 Å². The lowest BCUT2D eigenvalue weighted by Gasteiger charge is -2.45. The summed E-state index contributed by atoms with van der Waals surface area (Å²) in [6.45, 7) is 4.21. The number of halogens is 1. The Morgan fingerprint density at radius 2 is 1.88 bits per heavy atom. The Balaban J connectivity index is 0.00000208. The third-order valence-electron chi connectivity index (χ3n) is 5.55. The number of hydrogen-bond acceptors (Lipinski definition) is 3. The summed E-state index contributed by atoms with van der Waals surface area (Å²) in [7, 11) is 0. The molecule has 5 heteroatoms. The average molecular weight is 353 g/mol. The molecule has 134 valence electrons. The van der Waals surface area contributed by atoms with Crippen molar-refractivity contribution < 1.29 is 9.53 Å². The van der Waals surface area contributed by atoms with Crippen molar-refractivity contribution >= 4 is 18.3 Å². The van der Waals surface area contributed by atoms with Gasteiger partial charge in [0.15, 0.2) is 6.61 Å². The third kappa shape index (κ3) is 4.42. The second-order valence-corrected chi connectivity index (χ2v) is 7.31. The van der Waals surface area contributed by atoms with E-state index in [-0.39, 0.29) is 24.9 Å². The molecule has 0 aromatic heterocycles. The Labute approximate surface area is 150 Å². The highest BCUT2D eigenvalue weighted by atomic mass is 35.5. The number of nitrogens with one attached hydrogen (secondary N) is 1. The molecule has 1 aromatic carbocycles. The fraction of sp³-hybridized carbons (Fsp3) is 0.632. The summed E-state index contributed by atoms with van der Waals surface area (Å²) in [6.07, 6.45) is 5.73. The Kier molecular flexibility index (Phi) is 6.53. The van der Waals surface area contributed by atoms with Crippen molar-refractivity contribution in [3.63, 3.8) is 0 Å². The van der Waals surface area contributed by atoms with Gasteiger partial charge in [-0.1, -0.05) is 12.5 Å². The number of carbonyl (C=O) groups excluding carboxylic acids is 1. The molecule has 0 aliphatic heterocycles. The highest BCUT2D eigenvalue weighted by Gasteiger charge is 2.39. The first-order valence-corrected chi connectivity index (χ1v) is 8.78. The van der Waals surface area contributed by atoms with Gasteiger partial charge in [-0.15, -0.1) is 12.4 Å². The molecule has 1 aromatic rings. The normalized spacial score (nSPS) is 28.6. The van der Waals surface area contributed by atoms with Crippen LogP contribution in [0.5, 0.6) is 5.75 Å². The first-order chi connectivity index (χ1) is 11.0. The van der Waals surface area contributed by atoms with Crippen molar-refractivity contribution in [3.8, 4) is 5.75 Å². The minimum Gasteiger partial charge on any atom is -0.484 e. The molecule has 4 nitrogen and oxygen atoms in total. The number of aryl methyl sites for hydroxylation is 2. The largest absolute Gasteiger partial charge is 0.484 e. The molecule has 3 N–H and O–H groups in total. The molecule has 1 amide bonds. The molecule has 0 saturated heterocycles. The SMILES string of the molecule is Cc1ccc(OCC(=O)NC2C3CCCC2CC(N)C3)cc1C.Cl. The Hall–Kier alpha value is -1.26. The molecule has 2 bridgehead atoms. The highest BCUT2D eigenvalue weighted by molar-refractivity contribution is 5.85. The monoisotopic (exact) mass is 352 g/mol. The van der Waals surface area contributed by atoms with Crippen molar-refractivity contribution in [1.82, 2.24) is 5.32 Å². The number of amides is 1. The first kappa shape index (κ1) is 19.1. The van der Waals surface area contributed by atoms with Gasteiger partial charge >= 0.3 is 0 Å². The number of fused-ring (bicyclic) bond motifs is 2. The molecule has 0 spiro atoms. The van der Waals surface area contributed by atoms with E-state index in [0.29, 0.717) is 23.9 Å². The van der Waals surface area contributed by atoms with E-state index in [1.165, 1.54) is 30.4 Å². The smallest absolute Gasteiger partial charge is 0.258 e. The van der Waals surface area contributed by atoms with Crippen LogP contribution in [0.4, 0.5) is 0 Å². The third-order valence-corrected chi connectivity index (χ3v) is 5.55. The van der Waals surface area contributed by atoms with Crippen LogP contribution in [-0.4, -0.2) is 24.6 Å². The fourth-order valence-corrected chi connectivity index (χ4v) is 4.20. The summed E-state index contributed by atoms with van der Waals surface area (Å²) < 4.78 is 5.65. The standard InChI is InChI=1S/C19H28N2O2.ClH/c1-12-6-7-17(8-13(12)2)23-11-18(22)21-19-14-4-3-5-15(19)10-16(20)9-14;/h6-8,14-16,19H,3-5,9-11,20H2,1-2H3,(H,21,22);1H. The lowest BCUT2D eigenvalue weighted by Crippen LogP contribution is -2.54. The van der Waals surface area contributed by atoms with Crippen molar-refractivity contribution in [3.05, 3.63) is 29.3 Å². The van der Waals surface area contributed by atoms with E-state index in [1.54, 1.807) is 0 Å². The maximum Gasteiger partial charge on any atom is 0.258 e. The number of carbonyl (C=O) groups is 1. The summed E-state index contributed by atoms with van der Waals surface area (Å²) in [4.78, 5) is 12.3. The van der Waals surface area contributed by atoms with Gasteiger partial charge in [0.25, 0.3) is 5.91 Å². The molecule has 2 aliphatic carbocycles. The number of rotatable bonds is 4. The van der Waals surface area contributed by atoms with Gasteiger partial charge in [0.2, 0.25) is 0 Å². The summed E-state index contributed by atoms with van der Waals surface area (Å²) in [6, 6.07) is 6.53. The van der Waals surface area contributed by atoms with Gasteiger partial charge in [-0.2, -0.15) is 0 Å². The van der Waals surface area contributed by atoms with Crippen LogP contribution < -0.4 is 15.8 Å². The minimum absolute atomic E-state index is 0. The van der Waals surface area contributed by atoms with Crippen molar-refractivity contribution in [2.75, 3.05) is 6.61 Å². The molecule has 3 rings (SSSR count). The molecule has 2 fully saturated rings. The van der Waals surface area contributed by atoms with E-state index in [1.807, 2.05) is 18.2 Å². The molecule has 2 saturated carbocycles. The van der Waals surface area contributed by atoms with Crippen LogP contribution in [0.2, 0.25) is 0 Å². The van der Waals surface area contributed by atoms with Crippen molar-refractivity contribution in [2.24, 2.45) is 17.6 Å². The second kappa shape index (κ2) is 8.21. The quantitative estimate of drug-likeness (QED) is 0.875. The fourth-order valence-electron chi connectivity index (χ4n) is 4.20. The minimum atomic E-state index is -0.0133. The second-order valence-electron chi connectivity index (χ2n) is 7.31. The lowest BCUT2D eigenvalue weighted by molar-refractivity contribution is -0.125. The lowest BCUT2D eigenvalue weighted by atomic mass is 9.67. The number of hydrogen-bond donors (Lipinski definition) is 2. The number of ether oxygens (including phenoxy) is 1. The van der Waals surface area contributed by atoms with Crippen LogP contribution in [-0.2, 0) is 4.79 Å². The predicted octanol–water partition coefficient (Wildman–Crippen LogP) is 3.13. The molecule has 0 radical (unpaired) electrons. The molecule has 2 atom stereocenters. The predicted molar refractivity (Wildman–Crippen MR) is 98.6 cm³/mol. The Bertz CT molecular complexity index is 564. The van der Waals surface area contributed by atoms with Crippen LogP contribution in [0.1, 0.15) is 43.2 Å². The molecule has 2 unspecified atom stereocenters. The van der Waals surface area contributed by atoms with Crippen LogP contribution in [0.3, 0.4) is 0 Å². The van der Waals surface area contributed by atoms with Gasteiger partial charge < -0.3 is 15.8 Å². The average Bonchev–Trinajstić information content (AvgIpc) is 2.49. The highest BCUT2D eigenvalue weighted by Crippen LogP contribution is 2.39. The Morgan fingerprint density at radius 3 is 2.50 bits per heavy atom. The summed E-state index contributed by atoms with van der Waals surface area (Å²) in [5.74, 6) is 1.83. The molecule has 24 heavy (non-hydrogen) atoms.